The van der Waals surface area contributed by atoms with Gasteiger partial charge in [0.1, 0.15) is 12.2 Å². The lowest BCUT2D eigenvalue weighted by molar-refractivity contribution is 0.0535. The van der Waals surface area contributed by atoms with Gasteiger partial charge in [-0.3, -0.25) is 0 Å². The fraction of sp³-hybridized carbons (Fsp3) is 0.136. The summed E-state index contributed by atoms with van der Waals surface area (Å²) in [6.45, 7) is 0.277. The molecule has 1 aromatic heterocycles. The van der Waals surface area contributed by atoms with Crippen LogP contribution in [0.25, 0.3) is 32.9 Å². The monoisotopic (exact) mass is 360 g/mol. The van der Waals surface area contributed by atoms with Crippen molar-refractivity contribution in [3.8, 4) is 22.6 Å². The number of cyclic esters (lactones) is 1. The van der Waals surface area contributed by atoms with Crippen LogP contribution in [0.3, 0.4) is 0 Å². The van der Waals surface area contributed by atoms with Crippen molar-refractivity contribution in [3.05, 3.63) is 59.9 Å². The molecule has 5 rings (SSSR count). The minimum absolute atomic E-state index is 0.277. The first-order chi connectivity index (χ1) is 13.2. The standard InChI is InChI=1S/C22H16O5/c1-24-18-9-14-8-15-11-27-22(23)21(15)20(16(14)10-19(18)25-2)13-3-4-17-12(7-13)5-6-26-17/h3-10H,11H2,1-2H3. The molecule has 0 bridgehead atoms. The average Bonchev–Trinajstić information content (AvgIpc) is 3.31. The predicted molar refractivity (Wildman–Crippen MR) is 101 cm³/mol. The topological polar surface area (TPSA) is 57.9 Å². The van der Waals surface area contributed by atoms with Gasteiger partial charge in [-0.05, 0) is 52.7 Å². The van der Waals surface area contributed by atoms with Gasteiger partial charge in [0.2, 0.25) is 0 Å². The zero-order valence-electron chi connectivity index (χ0n) is 14.9. The van der Waals surface area contributed by atoms with Crippen LogP contribution in [0.1, 0.15) is 15.9 Å². The summed E-state index contributed by atoms with van der Waals surface area (Å²) in [5, 5.41) is 2.85. The van der Waals surface area contributed by atoms with Gasteiger partial charge >= 0.3 is 5.97 Å². The van der Waals surface area contributed by atoms with E-state index in [1.165, 1.54) is 0 Å². The van der Waals surface area contributed by atoms with Gasteiger partial charge in [-0.1, -0.05) is 6.07 Å². The molecule has 0 saturated heterocycles. The average molecular weight is 360 g/mol. The molecule has 1 aliphatic rings. The molecule has 27 heavy (non-hydrogen) atoms. The highest BCUT2D eigenvalue weighted by Gasteiger charge is 2.28. The number of furan rings is 1. The maximum absolute atomic E-state index is 12.5. The molecule has 134 valence electrons. The van der Waals surface area contributed by atoms with Gasteiger partial charge in [0.25, 0.3) is 0 Å². The van der Waals surface area contributed by atoms with Gasteiger partial charge in [0, 0.05) is 16.5 Å². The van der Waals surface area contributed by atoms with Crippen LogP contribution in [-0.2, 0) is 11.3 Å². The van der Waals surface area contributed by atoms with Gasteiger partial charge in [-0.15, -0.1) is 0 Å². The Hall–Kier alpha value is -3.47. The van der Waals surface area contributed by atoms with Crippen molar-refractivity contribution in [2.24, 2.45) is 0 Å². The Labute approximate surface area is 155 Å². The van der Waals surface area contributed by atoms with E-state index >= 15 is 0 Å². The lowest BCUT2D eigenvalue weighted by Crippen LogP contribution is -1.99. The molecule has 0 spiro atoms. The molecule has 5 heteroatoms. The zero-order chi connectivity index (χ0) is 18.5. The van der Waals surface area contributed by atoms with Gasteiger partial charge in [-0.2, -0.15) is 0 Å². The number of benzene rings is 3. The van der Waals surface area contributed by atoms with E-state index in [0.717, 1.165) is 38.4 Å². The van der Waals surface area contributed by atoms with Crippen molar-refractivity contribution in [1.29, 1.82) is 0 Å². The van der Waals surface area contributed by atoms with E-state index in [0.29, 0.717) is 17.1 Å². The van der Waals surface area contributed by atoms with Gasteiger partial charge in [-0.25, -0.2) is 4.79 Å². The molecule has 5 nitrogen and oxygen atoms in total. The van der Waals surface area contributed by atoms with Crippen LogP contribution >= 0.6 is 0 Å². The van der Waals surface area contributed by atoms with Crippen molar-refractivity contribution in [1.82, 2.24) is 0 Å². The molecule has 0 saturated carbocycles. The fourth-order valence-electron chi connectivity index (χ4n) is 3.77. The normalized spacial score (nSPS) is 13.0. The van der Waals surface area contributed by atoms with Crippen LogP contribution in [-0.4, -0.2) is 20.2 Å². The second-order valence-electron chi connectivity index (χ2n) is 6.46. The molecule has 0 atom stereocenters. The van der Waals surface area contributed by atoms with E-state index in [1.807, 2.05) is 42.5 Å². The Morgan fingerprint density at radius 2 is 1.70 bits per heavy atom. The van der Waals surface area contributed by atoms with Crippen LogP contribution in [0.5, 0.6) is 11.5 Å². The molecule has 3 aromatic carbocycles. The van der Waals surface area contributed by atoms with E-state index in [4.69, 9.17) is 18.6 Å². The van der Waals surface area contributed by atoms with Crippen molar-refractivity contribution in [2.75, 3.05) is 14.2 Å². The summed E-state index contributed by atoms with van der Waals surface area (Å²) >= 11 is 0. The number of carbonyl (C=O) groups excluding carboxylic acids is 1. The van der Waals surface area contributed by atoms with Crippen LogP contribution in [0.4, 0.5) is 0 Å². The number of hydrogen-bond donors (Lipinski definition) is 0. The SMILES string of the molecule is COc1cc2cc3c(c(-c4ccc5occc5c4)c2cc1OC)C(=O)OC3. The Morgan fingerprint density at radius 3 is 2.52 bits per heavy atom. The number of ether oxygens (including phenoxy) is 3. The van der Waals surface area contributed by atoms with E-state index in [1.54, 1.807) is 20.5 Å². The predicted octanol–water partition coefficient (Wildman–Crippen LogP) is 4.94. The van der Waals surface area contributed by atoms with E-state index in [9.17, 15) is 4.79 Å². The van der Waals surface area contributed by atoms with Crippen LogP contribution < -0.4 is 9.47 Å². The van der Waals surface area contributed by atoms with Crippen LogP contribution in [0.2, 0.25) is 0 Å². The quantitative estimate of drug-likeness (QED) is 0.484. The number of fused-ring (bicyclic) bond motifs is 3. The van der Waals surface area contributed by atoms with Gasteiger partial charge in [0.05, 0.1) is 26.0 Å². The van der Waals surface area contributed by atoms with Crippen LogP contribution in [0, 0.1) is 0 Å². The smallest absolute Gasteiger partial charge is 0.339 e. The first-order valence-electron chi connectivity index (χ1n) is 8.56. The molecule has 2 heterocycles. The second-order valence-corrected chi connectivity index (χ2v) is 6.46. The molecule has 0 fully saturated rings. The Morgan fingerprint density at radius 1 is 0.889 bits per heavy atom. The summed E-state index contributed by atoms with van der Waals surface area (Å²) in [7, 11) is 3.21. The largest absolute Gasteiger partial charge is 0.493 e. The summed E-state index contributed by atoms with van der Waals surface area (Å²) in [4.78, 5) is 12.5. The van der Waals surface area contributed by atoms with Crippen molar-refractivity contribution >= 4 is 27.7 Å². The molecule has 4 aromatic rings. The Bertz CT molecular complexity index is 1220. The number of methoxy groups -OCH3 is 2. The number of carbonyl (C=O) groups is 1. The molecule has 0 unspecified atom stereocenters. The molecule has 0 amide bonds. The number of esters is 1. The summed E-state index contributed by atoms with van der Waals surface area (Å²) in [5.41, 5.74) is 4.06. The molecular weight excluding hydrogens is 344 g/mol. The third-order valence-corrected chi connectivity index (χ3v) is 5.03. The first-order valence-corrected chi connectivity index (χ1v) is 8.56. The Balaban J connectivity index is 1.90. The highest BCUT2D eigenvalue weighted by molar-refractivity contribution is 6.12. The fourth-order valence-corrected chi connectivity index (χ4v) is 3.77. The zero-order valence-corrected chi connectivity index (χ0v) is 14.9. The van der Waals surface area contributed by atoms with Gasteiger partial charge < -0.3 is 18.6 Å². The number of hydrogen-bond acceptors (Lipinski definition) is 5. The maximum Gasteiger partial charge on any atom is 0.339 e. The summed E-state index contributed by atoms with van der Waals surface area (Å²) < 4.78 is 21.7. The molecule has 0 radical (unpaired) electrons. The highest BCUT2D eigenvalue weighted by Crippen LogP contribution is 2.42. The van der Waals surface area contributed by atoms with E-state index in [-0.39, 0.29) is 12.6 Å². The first kappa shape index (κ1) is 15.8. The lowest BCUT2D eigenvalue weighted by atomic mass is 9.90. The highest BCUT2D eigenvalue weighted by atomic mass is 16.5. The molecule has 0 aliphatic carbocycles. The third kappa shape index (κ3) is 2.28. The van der Waals surface area contributed by atoms with E-state index < -0.39 is 0 Å². The van der Waals surface area contributed by atoms with Crippen molar-refractivity contribution < 1.29 is 23.4 Å². The molecular formula is C22H16O5. The maximum atomic E-state index is 12.5. The minimum atomic E-state index is -0.302. The second kappa shape index (κ2) is 5.77. The molecule has 1 aliphatic heterocycles. The summed E-state index contributed by atoms with van der Waals surface area (Å²) in [6.07, 6.45) is 1.66. The summed E-state index contributed by atoms with van der Waals surface area (Å²) in [6, 6.07) is 13.6. The van der Waals surface area contributed by atoms with Crippen molar-refractivity contribution in [2.45, 2.75) is 6.61 Å². The number of rotatable bonds is 3. The van der Waals surface area contributed by atoms with E-state index in [2.05, 4.69) is 0 Å². The Kier molecular flexibility index (Phi) is 3.37. The molecule has 0 N–H and O–H groups in total. The lowest BCUT2D eigenvalue weighted by Gasteiger charge is -2.15. The summed E-state index contributed by atoms with van der Waals surface area (Å²) in [5.74, 6) is 0.956. The third-order valence-electron chi connectivity index (χ3n) is 5.03. The minimum Gasteiger partial charge on any atom is -0.493 e. The van der Waals surface area contributed by atoms with Gasteiger partial charge in [0.15, 0.2) is 11.5 Å². The van der Waals surface area contributed by atoms with Crippen LogP contribution in [0.15, 0.2) is 53.1 Å². The van der Waals surface area contributed by atoms with Crippen molar-refractivity contribution in [3.63, 3.8) is 0 Å².